The van der Waals surface area contributed by atoms with E-state index in [1.54, 1.807) is 12.1 Å². The molecule has 0 radical (unpaired) electrons. The number of aromatic nitrogens is 3. The van der Waals surface area contributed by atoms with Gasteiger partial charge in [-0.2, -0.15) is 4.98 Å². The molecule has 0 fully saturated rings. The molecule has 3 aromatic heterocycles. The first-order valence-electron chi connectivity index (χ1n) is 9.20. The molecule has 1 aromatic carbocycles. The molecule has 1 atom stereocenters. The van der Waals surface area contributed by atoms with Crippen molar-refractivity contribution in [3.05, 3.63) is 46.2 Å². The Morgan fingerprint density at radius 3 is 2.90 bits per heavy atom. The number of fused-ring (bicyclic) bond motifs is 5. The number of nitrogens with zero attached hydrogens (tertiary/aromatic N) is 3. The number of anilines is 1. The predicted molar refractivity (Wildman–Crippen MR) is 119 cm³/mol. The molecule has 0 bridgehead atoms. The van der Waals surface area contributed by atoms with Crippen molar-refractivity contribution in [1.82, 2.24) is 20.3 Å². The lowest BCUT2D eigenvalue weighted by molar-refractivity contribution is 0.0949. The van der Waals surface area contributed by atoms with Gasteiger partial charge in [0.1, 0.15) is 4.88 Å². The summed E-state index contributed by atoms with van der Waals surface area (Å²) < 4.78 is 6.81. The molecule has 10 heteroatoms. The zero-order valence-corrected chi connectivity index (χ0v) is 18.0. The van der Waals surface area contributed by atoms with E-state index in [0.29, 0.717) is 23.0 Å². The Morgan fingerprint density at radius 2 is 2.07 bits per heavy atom. The average Bonchev–Trinajstić information content (AvgIpc) is 3.04. The summed E-state index contributed by atoms with van der Waals surface area (Å²) in [5.41, 5.74) is 2.17. The first-order chi connectivity index (χ1) is 14.5. The molecule has 1 aliphatic heterocycles. The Balaban J connectivity index is 1.58. The number of thiophene rings is 1. The lowest BCUT2D eigenvalue weighted by Gasteiger charge is -2.10. The highest BCUT2D eigenvalue weighted by Crippen LogP contribution is 2.41. The molecule has 2 N–H and O–H groups in total. The fourth-order valence-electron chi connectivity index (χ4n) is 3.43. The number of rotatable bonds is 3. The zero-order chi connectivity index (χ0) is 20.8. The van der Waals surface area contributed by atoms with E-state index in [1.807, 2.05) is 25.1 Å². The summed E-state index contributed by atoms with van der Waals surface area (Å²) in [6.45, 7) is 2.63. The van der Waals surface area contributed by atoms with Crippen LogP contribution in [0.4, 0.5) is 5.69 Å². The second-order valence-electron chi connectivity index (χ2n) is 6.92. The Hall–Kier alpha value is -2.68. The van der Waals surface area contributed by atoms with Gasteiger partial charge in [-0.1, -0.05) is 0 Å². The summed E-state index contributed by atoms with van der Waals surface area (Å²) in [7, 11) is 0. The second kappa shape index (κ2) is 7.54. The van der Waals surface area contributed by atoms with Gasteiger partial charge in [0.15, 0.2) is 0 Å². The Labute approximate surface area is 185 Å². The molecule has 1 aliphatic rings. The molecule has 7 nitrogen and oxygen atoms in total. The van der Waals surface area contributed by atoms with E-state index >= 15 is 0 Å². The summed E-state index contributed by atoms with van der Waals surface area (Å²) in [5.74, 6) is 0.790. The van der Waals surface area contributed by atoms with Crippen molar-refractivity contribution in [3.63, 3.8) is 0 Å². The van der Waals surface area contributed by atoms with Crippen LogP contribution in [0.15, 0.2) is 30.3 Å². The number of hydrogen-bond acceptors (Lipinski definition) is 7. The molecular formula is C20H15Cl2N5O2S. The van der Waals surface area contributed by atoms with Crippen LogP contribution >= 0.6 is 34.5 Å². The molecule has 152 valence electrons. The minimum absolute atomic E-state index is 0.0535. The monoisotopic (exact) mass is 459 g/mol. The summed E-state index contributed by atoms with van der Waals surface area (Å²) in [5, 5.41) is 8.41. The van der Waals surface area contributed by atoms with Gasteiger partial charge >= 0.3 is 0 Å². The lowest BCUT2D eigenvalue weighted by atomic mass is 10.1. The molecule has 0 aliphatic carbocycles. The number of carbonyl (C=O) groups excluding carboxylic acids is 1. The van der Waals surface area contributed by atoms with Gasteiger partial charge in [-0.15, -0.1) is 22.9 Å². The smallest absolute Gasteiger partial charge is 0.263 e. The van der Waals surface area contributed by atoms with E-state index in [0.717, 1.165) is 26.7 Å². The molecule has 0 spiro atoms. The van der Waals surface area contributed by atoms with Crippen molar-refractivity contribution in [2.45, 2.75) is 18.8 Å². The molecule has 0 saturated carbocycles. The third-order valence-corrected chi connectivity index (χ3v) is 6.34. The topological polar surface area (TPSA) is 89.0 Å². The van der Waals surface area contributed by atoms with Crippen LogP contribution in [0.5, 0.6) is 11.8 Å². The van der Waals surface area contributed by atoms with Crippen molar-refractivity contribution >= 4 is 67.1 Å². The van der Waals surface area contributed by atoms with Gasteiger partial charge in [-0.3, -0.25) is 4.79 Å². The molecule has 1 amide bonds. The normalized spacial score (nSPS) is 16.1. The van der Waals surface area contributed by atoms with Gasteiger partial charge in [0.2, 0.25) is 17.0 Å². The van der Waals surface area contributed by atoms with Crippen LogP contribution in [-0.4, -0.2) is 33.4 Å². The number of halogens is 2. The number of carbonyl (C=O) groups is 1. The van der Waals surface area contributed by atoms with Crippen LogP contribution in [0.25, 0.3) is 21.0 Å². The number of pyridine rings is 1. The highest BCUT2D eigenvalue weighted by atomic mass is 35.5. The van der Waals surface area contributed by atoms with Gasteiger partial charge in [0, 0.05) is 40.2 Å². The summed E-state index contributed by atoms with van der Waals surface area (Å²) in [4.78, 5) is 25.9. The van der Waals surface area contributed by atoms with Crippen molar-refractivity contribution < 1.29 is 9.53 Å². The van der Waals surface area contributed by atoms with Crippen LogP contribution in [0.1, 0.15) is 22.3 Å². The van der Waals surface area contributed by atoms with Gasteiger partial charge in [0.05, 0.1) is 22.8 Å². The van der Waals surface area contributed by atoms with Gasteiger partial charge in [-0.25, -0.2) is 9.97 Å². The van der Waals surface area contributed by atoms with Crippen LogP contribution in [0, 0.1) is 0 Å². The third kappa shape index (κ3) is 3.40. The fraction of sp³-hybridized carbons (Fsp3) is 0.200. The van der Waals surface area contributed by atoms with E-state index in [2.05, 4.69) is 25.6 Å². The number of ether oxygens (including phenoxy) is 1. The fourth-order valence-corrected chi connectivity index (χ4v) is 4.86. The third-order valence-electron chi connectivity index (χ3n) is 4.74. The minimum Gasteiger partial charge on any atom is -0.421 e. The largest absolute Gasteiger partial charge is 0.421 e. The van der Waals surface area contributed by atoms with Crippen molar-refractivity contribution in [1.29, 1.82) is 0 Å². The zero-order valence-electron chi connectivity index (χ0n) is 15.7. The van der Waals surface area contributed by atoms with E-state index in [4.69, 9.17) is 27.9 Å². The molecule has 4 heterocycles. The van der Waals surface area contributed by atoms with Crippen molar-refractivity contribution in [3.8, 4) is 11.8 Å². The first kappa shape index (κ1) is 19.3. The maximum absolute atomic E-state index is 12.6. The molecule has 5 rings (SSSR count). The molecule has 30 heavy (non-hydrogen) atoms. The molecular weight excluding hydrogens is 445 g/mol. The number of amides is 1. The Bertz CT molecular complexity index is 1310. The highest BCUT2D eigenvalue weighted by molar-refractivity contribution is 7.21. The summed E-state index contributed by atoms with van der Waals surface area (Å²) in [6, 6.07) is 9.26. The van der Waals surface area contributed by atoms with E-state index < -0.39 is 0 Å². The maximum atomic E-state index is 12.6. The number of alkyl halides is 1. The lowest BCUT2D eigenvalue weighted by Crippen LogP contribution is -2.34. The minimum atomic E-state index is -0.0551. The second-order valence-corrected chi connectivity index (χ2v) is 8.58. The van der Waals surface area contributed by atoms with Gasteiger partial charge in [-0.05, 0) is 36.7 Å². The number of benzene rings is 1. The van der Waals surface area contributed by atoms with Gasteiger partial charge < -0.3 is 15.4 Å². The van der Waals surface area contributed by atoms with E-state index in [-0.39, 0.29) is 29.0 Å². The SMILES string of the molecule is C[C@@H]1CNc2c(sc3ccc4nc(Oc5cc(CCl)nc(Cl)n5)ccc4c23)C(=O)N1. The average molecular weight is 460 g/mol. The van der Waals surface area contributed by atoms with E-state index in [1.165, 1.54) is 11.3 Å². The quantitative estimate of drug-likeness (QED) is 0.332. The number of nitrogens with one attached hydrogen (secondary N) is 2. The van der Waals surface area contributed by atoms with E-state index in [9.17, 15) is 4.79 Å². The molecule has 0 unspecified atom stereocenters. The van der Waals surface area contributed by atoms with Crippen LogP contribution in [-0.2, 0) is 5.88 Å². The number of hydrogen-bond donors (Lipinski definition) is 2. The van der Waals surface area contributed by atoms with Crippen LogP contribution in [0.2, 0.25) is 5.28 Å². The summed E-state index contributed by atoms with van der Waals surface area (Å²) in [6.07, 6.45) is 0. The maximum Gasteiger partial charge on any atom is 0.263 e. The van der Waals surface area contributed by atoms with Crippen LogP contribution in [0.3, 0.4) is 0 Å². The van der Waals surface area contributed by atoms with Crippen molar-refractivity contribution in [2.24, 2.45) is 0 Å². The standard InChI is InChI=1S/C20H15Cl2N5O2S/c1-9-8-23-17-16-11-2-5-14(29-15-6-10(7-21)25-20(22)27-15)26-12(11)3-4-13(16)30-18(17)19(28)24-9/h2-6,9,23H,7-8H2,1H3,(H,24,28)/t9-/m1/s1. The Morgan fingerprint density at radius 1 is 1.20 bits per heavy atom. The molecule has 4 aromatic rings. The van der Waals surface area contributed by atoms with Crippen LogP contribution < -0.4 is 15.4 Å². The Kier molecular flexibility index (Phi) is 4.85. The first-order valence-corrected chi connectivity index (χ1v) is 10.9. The van der Waals surface area contributed by atoms with Gasteiger partial charge in [0.25, 0.3) is 5.91 Å². The van der Waals surface area contributed by atoms with Crippen molar-refractivity contribution in [2.75, 3.05) is 11.9 Å². The highest BCUT2D eigenvalue weighted by Gasteiger charge is 2.24. The summed E-state index contributed by atoms with van der Waals surface area (Å²) >= 11 is 13.2. The molecule has 0 saturated heterocycles. The predicted octanol–water partition coefficient (Wildman–Crippen LogP) is 4.97.